The fourth-order valence-corrected chi connectivity index (χ4v) is 4.62. The highest BCUT2D eigenvalue weighted by molar-refractivity contribution is 7.91. The molecule has 5 nitrogen and oxygen atoms in total. The van der Waals surface area contributed by atoms with Gasteiger partial charge >= 0.3 is 0 Å². The number of halogens is 1. The van der Waals surface area contributed by atoms with E-state index in [-0.39, 0.29) is 6.54 Å². The van der Waals surface area contributed by atoms with E-state index >= 15 is 0 Å². The van der Waals surface area contributed by atoms with Gasteiger partial charge in [0.25, 0.3) is 0 Å². The quantitative estimate of drug-likeness (QED) is 0.738. The third-order valence-corrected chi connectivity index (χ3v) is 6.32. The first-order chi connectivity index (χ1) is 10.4. The second-order valence-electron chi connectivity index (χ2n) is 4.86. The van der Waals surface area contributed by atoms with Crippen molar-refractivity contribution in [1.82, 2.24) is 14.7 Å². The summed E-state index contributed by atoms with van der Waals surface area (Å²) >= 11 is 7.18. The molecular formula is C14H14ClN3O2S2. The van der Waals surface area contributed by atoms with E-state index in [2.05, 4.69) is 14.7 Å². The number of aromatic nitrogens is 2. The second-order valence-corrected chi connectivity index (χ2v) is 8.58. The molecular weight excluding hydrogens is 342 g/mol. The van der Waals surface area contributed by atoms with Gasteiger partial charge in [-0.25, -0.2) is 18.1 Å². The van der Waals surface area contributed by atoms with Crippen LogP contribution in [-0.4, -0.2) is 24.9 Å². The van der Waals surface area contributed by atoms with Gasteiger partial charge in [-0.3, -0.25) is 0 Å². The van der Waals surface area contributed by atoms with Gasteiger partial charge in [0.1, 0.15) is 10.0 Å². The SMILES string of the molecule is Cc1ccc(S(=O)(=O)NCCc2nc3ccc(Cl)cc3[nH]2)s1. The Morgan fingerprint density at radius 2 is 2.14 bits per heavy atom. The molecule has 0 atom stereocenters. The van der Waals surface area contributed by atoms with Gasteiger partial charge in [-0.15, -0.1) is 11.3 Å². The molecule has 0 bridgehead atoms. The summed E-state index contributed by atoms with van der Waals surface area (Å²) in [7, 11) is -3.44. The number of imidazole rings is 1. The van der Waals surface area contributed by atoms with Crippen LogP contribution in [-0.2, 0) is 16.4 Å². The molecule has 0 fully saturated rings. The summed E-state index contributed by atoms with van der Waals surface area (Å²) in [6.07, 6.45) is 0.482. The van der Waals surface area contributed by atoms with Crippen molar-refractivity contribution in [2.45, 2.75) is 17.6 Å². The molecule has 2 N–H and O–H groups in total. The minimum Gasteiger partial charge on any atom is -0.342 e. The summed E-state index contributed by atoms with van der Waals surface area (Å²) in [5.41, 5.74) is 1.66. The second kappa shape index (κ2) is 6.00. The van der Waals surface area contributed by atoms with E-state index in [1.807, 2.05) is 13.0 Å². The molecule has 22 heavy (non-hydrogen) atoms. The molecule has 116 valence electrons. The standard InChI is InChI=1S/C14H14ClN3O2S2/c1-9-2-5-14(21-9)22(19,20)16-7-6-13-17-11-4-3-10(15)8-12(11)18-13/h2-5,8,16H,6-7H2,1H3,(H,17,18). The van der Waals surface area contributed by atoms with Crippen LogP contribution in [0.2, 0.25) is 5.02 Å². The van der Waals surface area contributed by atoms with Gasteiger partial charge in [0, 0.05) is 22.9 Å². The first-order valence-corrected chi connectivity index (χ1v) is 9.32. The van der Waals surface area contributed by atoms with Crippen molar-refractivity contribution in [2.24, 2.45) is 0 Å². The van der Waals surface area contributed by atoms with E-state index < -0.39 is 10.0 Å². The van der Waals surface area contributed by atoms with Gasteiger partial charge in [0.2, 0.25) is 10.0 Å². The molecule has 0 radical (unpaired) electrons. The van der Waals surface area contributed by atoms with Crippen LogP contribution >= 0.6 is 22.9 Å². The number of aromatic amines is 1. The van der Waals surface area contributed by atoms with E-state index in [1.165, 1.54) is 11.3 Å². The lowest BCUT2D eigenvalue weighted by atomic mass is 10.3. The van der Waals surface area contributed by atoms with Crippen molar-refractivity contribution < 1.29 is 8.42 Å². The zero-order chi connectivity index (χ0) is 15.7. The lowest BCUT2D eigenvalue weighted by molar-refractivity contribution is 0.583. The van der Waals surface area contributed by atoms with Gasteiger partial charge in [0.05, 0.1) is 11.0 Å². The first kappa shape index (κ1) is 15.5. The Labute approximate surface area is 137 Å². The van der Waals surface area contributed by atoms with E-state index in [9.17, 15) is 8.42 Å². The number of benzene rings is 1. The Morgan fingerprint density at radius 1 is 1.32 bits per heavy atom. The van der Waals surface area contributed by atoms with E-state index in [1.54, 1.807) is 24.3 Å². The zero-order valence-electron chi connectivity index (χ0n) is 11.8. The number of rotatable bonds is 5. The van der Waals surface area contributed by atoms with Gasteiger partial charge in [0.15, 0.2) is 0 Å². The molecule has 0 saturated carbocycles. The lowest BCUT2D eigenvalue weighted by Gasteiger charge is -2.03. The summed E-state index contributed by atoms with van der Waals surface area (Å²) in [4.78, 5) is 8.51. The Balaban J connectivity index is 1.67. The van der Waals surface area contributed by atoms with Crippen molar-refractivity contribution in [1.29, 1.82) is 0 Å². The summed E-state index contributed by atoms with van der Waals surface area (Å²) < 4.78 is 27.1. The van der Waals surface area contributed by atoms with Crippen molar-refractivity contribution in [3.63, 3.8) is 0 Å². The Bertz CT molecular complexity index is 915. The molecule has 3 aromatic rings. The van der Waals surface area contributed by atoms with Crippen LogP contribution < -0.4 is 4.72 Å². The predicted molar refractivity (Wildman–Crippen MR) is 89.1 cm³/mol. The number of nitrogens with zero attached hydrogens (tertiary/aromatic N) is 1. The highest BCUT2D eigenvalue weighted by atomic mass is 35.5. The smallest absolute Gasteiger partial charge is 0.250 e. The molecule has 3 rings (SSSR count). The largest absolute Gasteiger partial charge is 0.342 e. The van der Waals surface area contributed by atoms with Crippen molar-refractivity contribution >= 4 is 44.0 Å². The molecule has 2 heterocycles. The maximum Gasteiger partial charge on any atom is 0.250 e. The van der Waals surface area contributed by atoms with Gasteiger partial charge in [-0.1, -0.05) is 11.6 Å². The monoisotopic (exact) mass is 355 g/mol. The minimum absolute atomic E-state index is 0.285. The topological polar surface area (TPSA) is 74.8 Å². The highest BCUT2D eigenvalue weighted by Gasteiger charge is 2.15. The van der Waals surface area contributed by atoms with E-state index in [4.69, 9.17) is 11.6 Å². The number of H-pyrrole nitrogens is 1. The summed E-state index contributed by atoms with van der Waals surface area (Å²) in [5.74, 6) is 0.724. The normalized spacial score (nSPS) is 12.1. The molecule has 2 aromatic heterocycles. The van der Waals surface area contributed by atoms with Crippen molar-refractivity contribution in [3.8, 4) is 0 Å². The number of fused-ring (bicyclic) bond motifs is 1. The van der Waals surface area contributed by atoms with E-state index in [0.717, 1.165) is 21.7 Å². The number of hydrogen-bond donors (Lipinski definition) is 2. The molecule has 0 aliphatic heterocycles. The molecule has 0 aliphatic rings. The number of thiophene rings is 1. The maximum absolute atomic E-state index is 12.1. The van der Waals surface area contributed by atoms with Gasteiger partial charge in [-0.2, -0.15) is 0 Å². The zero-order valence-corrected chi connectivity index (χ0v) is 14.1. The van der Waals surface area contributed by atoms with Crippen LogP contribution in [0, 0.1) is 6.92 Å². The number of aryl methyl sites for hydroxylation is 1. The molecule has 0 amide bonds. The Morgan fingerprint density at radius 3 is 2.86 bits per heavy atom. The van der Waals surface area contributed by atoms with Crippen molar-refractivity contribution in [3.05, 3.63) is 46.1 Å². The highest BCUT2D eigenvalue weighted by Crippen LogP contribution is 2.20. The van der Waals surface area contributed by atoms with Crippen LogP contribution in [0.4, 0.5) is 0 Å². The molecule has 0 aliphatic carbocycles. The average molecular weight is 356 g/mol. The van der Waals surface area contributed by atoms with Crippen LogP contribution in [0.3, 0.4) is 0 Å². The fraction of sp³-hybridized carbons (Fsp3) is 0.214. The third-order valence-electron chi connectivity index (χ3n) is 3.13. The lowest BCUT2D eigenvalue weighted by Crippen LogP contribution is -2.25. The van der Waals surface area contributed by atoms with E-state index in [0.29, 0.717) is 15.7 Å². The summed E-state index contributed by atoms with van der Waals surface area (Å²) in [6.45, 7) is 2.16. The first-order valence-electron chi connectivity index (χ1n) is 6.64. The molecule has 8 heteroatoms. The molecule has 0 unspecified atom stereocenters. The Hall–Kier alpha value is -1.41. The summed E-state index contributed by atoms with van der Waals surface area (Å²) in [5, 5.41) is 0.636. The predicted octanol–water partition coefficient (Wildman–Crippen LogP) is 3.11. The maximum atomic E-state index is 12.1. The van der Waals surface area contributed by atoms with Gasteiger partial charge < -0.3 is 4.98 Å². The van der Waals surface area contributed by atoms with Crippen LogP contribution in [0.15, 0.2) is 34.5 Å². The molecule has 0 saturated heterocycles. The molecule has 0 spiro atoms. The average Bonchev–Trinajstić information content (AvgIpc) is 3.04. The number of nitrogens with one attached hydrogen (secondary N) is 2. The molecule has 1 aromatic carbocycles. The van der Waals surface area contributed by atoms with Gasteiger partial charge in [-0.05, 0) is 37.3 Å². The van der Waals surface area contributed by atoms with Crippen LogP contribution in [0.5, 0.6) is 0 Å². The third kappa shape index (κ3) is 3.33. The fourth-order valence-electron chi connectivity index (χ4n) is 2.08. The van der Waals surface area contributed by atoms with Crippen LogP contribution in [0.1, 0.15) is 10.7 Å². The number of sulfonamides is 1. The summed E-state index contributed by atoms with van der Waals surface area (Å²) in [6, 6.07) is 8.81. The van der Waals surface area contributed by atoms with Crippen LogP contribution in [0.25, 0.3) is 11.0 Å². The Kier molecular flexibility index (Phi) is 4.22. The minimum atomic E-state index is -3.44. The number of hydrogen-bond acceptors (Lipinski definition) is 4. The van der Waals surface area contributed by atoms with Crippen molar-refractivity contribution in [2.75, 3.05) is 6.54 Å².